The first-order valence-corrected chi connectivity index (χ1v) is 15.7. The average molecular weight is 589 g/mol. The third-order valence-electron chi connectivity index (χ3n) is 8.31. The molecule has 4 rings (SSSR count). The molecule has 2 atom stereocenters. The van der Waals surface area contributed by atoms with Crippen molar-refractivity contribution >= 4 is 35.0 Å². The van der Waals surface area contributed by atoms with Crippen molar-refractivity contribution in [3.05, 3.63) is 15.8 Å². The minimum atomic E-state index is -1.07. The van der Waals surface area contributed by atoms with Crippen molar-refractivity contribution in [2.24, 2.45) is 23.2 Å². The third kappa shape index (κ3) is 8.02. The number of piperidine rings is 1. The molecule has 0 unspecified atom stereocenters. The smallest absolute Gasteiger partial charge is 0.410 e. The maximum absolute atomic E-state index is 14.1. The number of thiophene rings is 1. The van der Waals surface area contributed by atoms with E-state index < -0.39 is 12.1 Å². The van der Waals surface area contributed by atoms with Crippen molar-refractivity contribution in [2.45, 2.75) is 84.8 Å². The van der Waals surface area contributed by atoms with Gasteiger partial charge in [-0.2, -0.15) is 0 Å². The van der Waals surface area contributed by atoms with E-state index in [0.29, 0.717) is 62.0 Å². The first-order valence-electron chi connectivity index (χ1n) is 14.8. The largest absolute Gasteiger partial charge is 0.477 e. The summed E-state index contributed by atoms with van der Waals surface area (Å²) in [5.74, 6) is 5.62. The van der Waals surface area contributed by atoms with E-state index in [1.807, 2.05) is 20.8 Å². The van der Waals surface area contributed by atoms with Crippen molar-refractivity contribution in [3.63, 3.8) is 0 Å². The first-order chi connectivity index (χ1) is 19.5. The van der Waals surface area contributed by atoms with Crippen molar-refractivity contribution in [3.8, 4) is 11.8 Å². The van der Waals surface area contributed by atoms with Crippen LogP contribution in [0, 0.1) is 35.0 Å². The lowest BCUT2D eigenvalue weighted by Gasteiger charge is -2.40. The molecule has 1 aromatic rings. The molecule has 41 heavy (non-hydrogen) atoms. The summed E-state index contributed by atoms with van der Waals surface area (Å²) in [5.41, 5.74) is 0.173. The number of carbonyl (C=O) groups excluding carboxylic acids is 2. The molecule has 9 nitrogen and oxygen atoms in total. The fourth-order valence-corrected chi connectivity index (χ4v) is 6.72. The molecule has 226 valence electrons. The Kier molecular flexibility index (Phi) is 10.4. The van der Waals surface area contributed by atoms with Crippen molar-refractivity contribution in [1.82, 2.24) is 4.90 Å². The quantitative estimate of drug-likeness (QED) is 0.431. The van der Waals surface area contributed by atoms with Gasteiger partial charge in [0, 0.05) is 43.0 Å². The second-order valence-corrected chi connectivity index (χ2v) is 13.8. The maximum Gasteiger partial charge on any atom is 0.410 e. The fourth-order valence-electron chi connectivity index (χ4n) is 5.88. The summed E-state index contributed by atoms with van der Waals surface area (Å²) < 4.78 is 11.2. The van der Waals surface area contributed by atoms with Gasteiger partial charge in [0.2, 0.25) is 5.91 Å². The van der Waals surface area contributed by atoms with Gasteiger partial charge in [-0.3, -0.25) is 4.79 Å². The highest BCUT2D eigenvalue weighted by Gasteiger charge is 2.39. The van der Waals surface area contributed by atoms with E-state index in [4.69, 9.17) is 9.47 Å². The second-order valence-electron chi connectivity index (χ2n) is 12.7. The van der Waals surface area contributed by atoms with Crippen LogP contribution in [0.2, 0.25) is 0 Å². The van der Waals surface area contributed by atoms with E-state index in [1.165, 1.54) is 0 Å². The number of aromatic carboxylic acids is 1. The van der Waals surface area contributed by atoms with E-state index in [2.05, 4.69) is 18.8 Å². The summed E-state index contributed by atoms with van der Waals surface area (Å²) >= 11 is 1.11. The summed E-state index contributed by atoms with van der Waals surface area (Å²) in [7, 11) is 0. The summed E-state index contributed by atoms with van der Waals surface area (Å²) in [6, 6.07) is 1.53. The van der Waals surface area contributed by atoms with E-state index in [1.54, 1.807) is 15.9 Å². The molecule has 2 N–H and O–H groups in total. The molecule has 0 aromatic carbocycles. The molecule has 0 spiro atoms. The number of hydrogen-bond acceptors (Lipinski definition) is 7. The summed E-state index contributed by atoms with van der Waals surface area (Å²) in [6.07, 6.45) is 4.31. The molecule has 2 saturated heterocycles. The van der Waals surface area contributed by atoms with Gasteiger partial charge in [0.25, 0.3) is 0 Å². The summed E-state index contributed by atoms with van der Waals surface area (Å²) in [6.45, 7) is 9.80. The van der Waals surface area contributed by atoms with Crippen molar-refractivity contribution in [2.75, 3.05) is 37.8 Å². The lowest BCUT2D eigenvalue weighted by molar-refractivity contribution is -0.124. The van der Waals surface area contributed by atoms with Gasteiger partial charge >= 0.3 is 12.1 Å². The number of aliphatic hydroxyl groups is 1. The highest BCUT2D eigenvalue weighted by Crippen LogP contribution is 2.38. The normalized spacial score (nSPS) is 25.3. The number of aliphatic hydroxyl groups excluding tert-OH is 1. The van der Waals surface area contributed by atoms with Crippen LogP contribution in [0.3, 0.4) is 0 Å². The average Bonchev–Trinajstić information content (AvgIpc) is 3.55. The third-order valence-corrected chi connectivity index (χ3v) is 9.34. The minimum Gasteiger partial charge on any atom is -0.477 e. The number of anilines is 1. The first kappa shape index (κ1) is 31.3. The lowest BCUT2D eigenvalue weighted by Crippen LogP contribution is -2.51. The number of carboxylic acids is 1. The number of carbonyl (C=O) groups is 3. The predicted molar refractivity (Wildman–Crippen MR) is 157 cm³/mol. The SMILES string of the molecule is CC1CCC(C(=O)N(c2cc(C#CC(C)(C)C)sc2C(=O)O)C2CCN(C(=O)O[C@H]3COC[C@H]3CCO)CC2)CC1. The molecule has 1 aromatic heterocycles. The Labute approximate surface area is 247 Å². The van der Waals surface area contributed by atoms with Crippen LogP contribution in [-0.4, -0.2) is 78.1 Å². The standard InChI is InChI=1S/C31H44N2O7S/c1-20-5-7-21(8-6-20)28(35)33(25-17-24(9-13-31(2,3)4)41-27(25)29(36)37)23-10-14-32(15-11-23)30(38)40-26-19-39-18-22(26)12-16-34/h17,20-23,26,34H,5-8,10-12,14-16,18-19H2,1-4H3,(H,36,37)/t20?,21?,22-,26+/m1/s1. The second kappa shape index (κ2) is 13.6. The number of hydrogen-bond donors (Lipinski definition) is 2. The van der Waals surface area contributed by atoms with Crippen molar-refractivity contribution in [1.29, 1.82) is 0 Å². The zero-order valence-corrected chi connectivity index (χ0v) is 25.5. The van der Waals surface area contributed by atoms with Crippen LogP contribution >= 0.6 is 11.3 Å². The fraction of sp³-hybridized carbons (Fsp3) is 0.710. The Bertz CT molecular complexity index is 1150. The molecular weight excluding hydrogens is 544 g/mol. The van der Waals surface area contributed by atoms with Gasteiger partial charge in [0.15, 0.2) is 0 Å². The van der Waals surface area contributed by atoms with Crippen LogP contribution in [-0.2, 0) is 14.3 Å². The van der Waals surface area contributed by atoms with Gasteiger partial charge < -0.3 is 29.5 Å². The summed E-state index contributed by atoms with van der Waals surface area (Å²) in [5, 5.41) is 19.4. The highest BCUT2D eigenvalue weighted by molar-refractivity contribution is 7.15. The van der Waals surface area contributed by atoms with Crippen LogP contribution in [0.5, 0.6) is 0 Å². The van der Waals surface area contributed by atoms with Crippen LogP contribution in [0.25, 0.3) is 0 Å². The van der Waals surface area contributed by atoms with Crippen LogP contribution < -0.4 is 4.90 Å². The minimum absolute atomic E-state index is 0.0155. The Hall–Kier alpha value is -2.61. The van der Waals surface area contributed by atoms with E-state index in [-0.39, 0.29) is 46.8 Å². The van der Waals surface area contributed by atoms with E-state index in [9.17, 15) is 24.6 Å². The van der Waals surface area contributed by atoms with Gasteiger partial charge in [0.05, 0.1) is 23.8 Å². The van der Waals surface area contributed by atoms with Crippen molar-refractivity contribution < 1.29 is 34.1 Å². The Morgan fingerprint density at radius 2 is 1.80 bits per heavy atom. The molecule has 0 radical (unpaired) electrons. The molecule has 3 heterocycles. The van der Waals surface area contributed by atoms with Gasteiger partial charge in [-0.15, -0.1) is 11.3 Å². The molecular formula is C31H44N2O7S. The number of ether oxygens (including phenoxy) is 2. The molecule has 3 aliphatic rings. The maximum atomic E-state index is 14.1. The van der Waals surface area contributed by atoms with Gasteiger partial charge in [0.1, 0.15) is 11.0 Å². The lowest BCUT2D eigenvalue weighted by atomic mass is 9.82. The van der Waals surface area contributed by atoms with E-state index >= 15 is 0 Å². The molecule has 2 aliphatic heterocycles. The number of nitrogens with zero attached hydrogens (tertiary/aromatic N) is 2. The zero-order chi connectivity index (χ0) is 29.7. The predicted octanol–water partition coefficient (Wildman–Crippen LogP) is 5.00. The Morgan fingerprint density at radius 1 is 1.12 bits per heavy atom. The number of carboxylic acid groups (broad SMARTS) is 1. The molecule has 1 aliphatic carbocycles. The van der Waals surface area contributed by atoms with Gasteiger partial charge in [-0.1, -0.05) is 18.8 Å². The topological polar surface area (TPSA) is 117 Å². The van der Waals surface area contributed by atoms with Gasteiger partial charge in [-0.05, 0) is 77.7 Å². The van der Waals surface area contributed by atoms with Crippen LogP contribution in [0.4, 0.5) is 10.5 Å². The van der Waals surface area contributed by atoms with Crippen LogP contribution in [0.1, 0.15) is 87.2 Å². The van der Waals surface area contributed by atoms with E-state index in [0.717, 1.165) is 37.0 Å². The summed E-state index contributed by atoms with van der Waals surface area (Å²) in [4.78, 5) is 43.6. The molecule has 3 fully saturated rings. The molecule has 10 heteroatoms. The monoisotopic (exact) mass is 588 g/mol. The number of likely N-dealkylation sites (tertiary alicyclic amines) is 1. The van der Waals surface area contributed by atoms with Gasteiger partial charge in [-0.25, -0.2) is 9.59 Å². The Balaban J connectivity index is 1.54. The zero-order valence-electron chi connectivity index (χ0n) is 24.7. The van der Waals surface area contributed by atoms with Crippen LogP contribution in [0.15, 0.2) is 6.07 Å². The Morgan fingerprint density at radius 3 is 2.41 bits per heavy atom. The number of rotatable bonds is 7. The molecule has 0 bridgehead atoms. The highest BCUT2D eigenvalue weighted by atomic mass is 32.1. The number of amides is 2. The molecule has 1 saturated carbocycles. The molecule has 2 amide bonds.